The van der Waals surface area contributed by atoms with Crippen molar-refractivity contribution in [2.24, 2.45) is 5.92 Å². The number of carbonyl (C=O) groups excluding carboxylic acids is 3. The van der Waals surface area contributed by atoms with Crippen molar-refractivity contribution in [3.63, 3.8) is 0 Å². The minimum absolute atomic E-state index is 0.0391. The van der Waals surface area contributed by atoms with E-state index in [1.165, 1.54) is 37.0 Å². The van der Waals surface area contributed by atoms with Crippen LogP contribution in [0.1, 0.15) is 34.6 Å². The Morgan fingerprint density at radius 1 is 1.06 bits per heavy atom. The minimum Gasteiger partial charge on any atom is -0.325 e. The van der Waals surface area contributed by atoms with Crippen LogP contribution >= 0.6 is 11.8 Å². The number of hydrogen-bond acceptors (Lipinski definition) is 6. The first-order chi connectivity index (χ1) is 15.8. The number of nitrogens with one attached hydrogen (secondary N) is 1. The molecule has 0 bridgehead atoms. The minimum atomic E-state index is -0.400. The molecule has 3 amide bonds. The Kier molecular flexibility index (Phi) is 6.28. The number of imide groups is 1. The van der Waals surface area contributed by atoms with Crippen molar-refractivity contribution in [2.45, 2.75) is 25.5 Å². The first-order valence-corrected chi connectivity index (χ1v) is 11.3. The Bertz CT molecular complexity index is 1260. The van der Waals surface area contributed by atoms with Gasteiger partial charge in [-0.05, 0) is 36.2 Å². The Labute approximate surface area is 194 Å². The van der Waals surface area contributed by atoms with Crippen molar-refractivity contribution < 1.29 is 18.8 Å². The van der Waals surface area contributed by atoms with Crippen LogP contribution in [0, 0.1) is 11.7 Å². The van der Waals surface area contributed by atoms with Crippen molar-refractivity contribution in [3.05, 3.63) is 59.4 Å². The van der Waals surface area contributed by atoms with Gasteiger partial charge in [0, 0.05) is 19.3 Å². The van der Waals surface area contributed by atoms with Gasteiger partial charge in [-0.15, -0.1) is 10.2 Å². The average Bonchev–Trinajstić information content (AvgIpc) is 3.26. The van der Waals surface area contributed by atoms with Gasteiger partial charge in [0.05, 0.1) is 22.4 Å². The summed E-state index contributed by atoms with van der Waals surface area (Å²) in [6, 6.07) is 11.0. The van der Waals surface area contributed by atoms with E-state index in [2.05, 4.69) is 15.5 Å². The molecule has 1 aliphatic heterocycles. The van der Waals surface area contributed by atoms with Crippen molar-refractivity contribution >= 4 is 35.2 Å². The molecule has 1 aromatic heterocycles. The summed E-state index contributed by atoms with van der Waals surface area (Å²) in [7, 11) is 1.42. The molecule has 1 aliphatic rings. The predicted octanol–water partition coefficient (Wildman–Crippen LogP) is 3.70. The second-order valence-electron chi connectivity index (χ2n) is 8.06. The van der Waals surface area contributed by atoms with Crippen LogP contribution in [-0.4, -0.2) is 50.2 Å². The van der Waals surface area contributed by atoms with E-state index in [4.69, 9.17) is 0 Å². The lowest BCUT2D eigenvalue weighted by Crippen LogP contribution is -2.24. The smallest absolute Gasteiger partial charge is 0.261 e. The molecule has 8 nitrogen and oxygen atoms in total. The maximum absolute atomic E-state index is 14.3. The van der Waals surface area contributed by atoms with Crippen molar-refractivity contribution in [1.29, 1.82) is 0 Å². The quantitative estimate of drug-likeness (QED) is 0.420. The normalized spacial score (nSPS) is 13.1. The lowest BCUT2D eigenvalue weighted by Gasteiger charge is -2.13. The van der Waals surface area contributed by atoms with Crippen LogP contribution in [-0.2, 0) is 11.3 Å². The highest BCUT2D eigenvalue weighted by Gasteiger charge is 2.32. The number of amides is 3. The summed E-state index contributed by atoms with van der Waals surface area (Å²) in [6.07, 6.45) is 0. The second-order valence-corrected chi connectivity index (χ2v) is 9.00. The molecule has 1 N–H and O–H groups in total. The Morgan fingerprint density at radius 3 is 2.52 bits per heavy atom. The first-order valence-electron chi connectivity index (χ1n) is 10.3. The van der Waals surface area contributed by atoms with Gasteiger partial charge in [-0.1, -0.05) is 37.7 Å². The molecule has 0 unspecified atom stereocenters. The van der Waals surface area contributed by atoms with Gasteiger partial charge in [0.25, 0.3) is 11.8 Å². The van der Waals surface area contributed by atoms with Gasteiger partial charge in [-0.2, -0.15) is 0 Å². The molecular weight excluding hydrogens is 445 g/mol. The van der Waals surface area contributed by atoms with E-state index < -0.39 is 5.91 Å². The molecule has 0 aliphatic carbocycles. The zero-order valence-corrected chi connectivity index (χ0v) is 19.1. The molecule has 0 atom stereocenters. The highest BCUT2D eigenvalue weighted by atomic mass is 32.2. The average molecular weight is 468 g/mol. The molecular formula is C23H22FN5O3S. The molecule has 0 saturated carbocycles. The monoisotopic (exact) mass is 467 g/mol. The molecule has 2 aromatic carbocycles. The van der Waals surface area contributed by atoms with Crippen LogP contribution < -0.4 is 5.32 Å². The largest absolute Gasteiger partial charge is 0.325 e. The number of anilines is 1. The maximum Gasteiger partial charge on any atom is 0.261 e. The third-order valence-electron chi connectivity index (χ3n) is 5.09. The Morgan fingerprint density at radius 2 is 1.79 bits per heavy atom. The van der Waals surface area contributed by atoms with Crippen LogP contribution in [0.3, 0.4) is 0 Å². The van der Waals surface area contributed by atoms with Gasteiger partial charge in [0.15, 0.2) is 11.0 Å². The summed E-state index contributed by atoms with van der Waals surface area (Å²) in [6.45, 7) is 4.63. The van der Waals surface area contributed by atoms with Crippen molar-refractivity contribution in [3.8, 4) is 11.4 Å². The molecule has 0 fully saturated rings. The standard InChI is InChI=1S/C23H22FN5O3S/c1-13(2)11-29-20(16-6-4-5-7-18(16)24)26-27-23(29)33-12-19(30)25-14-8-9-15-17(10-14)22(32)28(3)21(15)31/h4-10,13H,11-12H2,1-3H3,(H,25,30). The third kappa shape index (κ3) is 4.51. The zero-order chi connectivity index (χ0) is 23.7. The number of benzene rings is 2. The number of carbonyl (C=O) groups is 3. The molecule has 10 heteroatoms. The third-order valence-corrected chi connectivity index (χ3v) is 6.05. The first kappa shape index (κ1) is 22.7. The van der Waals surface area contributed by atoms with E-state index in [1.54, 1.807) is 24.3 Å². The highest BCUT2D eigenvalue weighted by Crippen LogP contribution is 2.28. The van der Waals surface area contributed by atoms with E-state index >= 15 is 0 Å². The summed E-state index contributed by atoms with van der Waals surface area (Å²) < 4.78 is 16.1. The van der Waals surface area contributed by atoms with E-state index in [-0.39, 0.29) is 34.9 Å². The Hall–Kier alpha value is -3.53. The lowest BCUT2D eigenvalue weighted by molar-refractivity contribution is -0.113. The highest BCUT2D eigenvalue weighted by molar-refractivity contribution is 7.99. The summed E-state index contributed by atoms with van der Waals surface area (Å²) in [5, 5.41) is 11.6. The summed E-state index contributed by atoms with van der Waals surface area (Å²) in [5.41, 5.74) is 1.35. The predicted molar refractivity (Wildman–Crippen MR) is 122 cm³/mol. The number of halogens is 1. The molecule has 0 radical (unpaired) electrons. The van der Waals surface area contributed by atoms with Crippen molar-refractivity contribution in [1.82, 2.24) is 19.7 Å². The van der Waals surface area contributed by atoms with Gasteiger partial charge in [-0.3, -0.25) is 19.3 Å². The number of thioether (sulfide) groups is 1. The zero-order valence-electron chi connectivity index (χ0n) is 18.3. The van der Waals surface area contributed by atoms with Gasteiger partial charge in [-0.25, -0.2) is 4.39 Å². The fourth-order valence-corrected chi connectivity index (χ4v) is 4.28. The number of rotatable bonds is 7. The number of nitrogens with zero attached hydrogens (tertiary/aromatic N) is 4. The molecule has 0 spiro atoms. The van der Waals surface area contributed by atoms with Crippen LogP contribution in [0.2, 0.25) is 0 Å². The number of aromatic nitrogens is 3. The van der Waals surface area contributed by atoms with Gasteiger partial charge in [0.1, 0.15) is 5.82 Å². The second kappa shape index (κ2) is 9.14. The van der Waals surface area contributed by atoms with E-state index in [0.29, 0.717) is 34.3 Å². The van der Waals surface area contributed by atoms with Crippen LogP contribution in [0.15, 0.2) is 47.6 Å². The van der Waals surface area contributed by atoms with Crippen LogP contribution in [0.5, 0.6) is 0 Å². The Balaban J connectivity index is 1.48. The van der Waals surface area contributed by atoms with Crippen LogP contribution in [0.4, 0.5) is 10.1 Å². The molecule has 33 heavy (non-hydrogen) atoms. The fourth-order valence-electron chi connectivity index (χ4n) is 3.53. The van der Waals surface area contributed by atoms with Gasteiger partial charge < -0.3 is 9.88 Å². The summed E-state index contributed by atoms with van der Waals surface area (Å²) in [4.78, 5) is 37.8. The molecule has 2 heterocycles. The lowest BCUT2D eigenvalue weighted by atomic mass is 10.1. The topological polar surface area (TPSA) is 97.2 Å². The SMILES string of the molecule is CC(C)Cn1c(SCC(=O)Nc2ccc3c(c2)C(=O)N(C)C3=O)nnc1-c1ccccc1F. The number of fused-ring (bicyclic) bond motifs is 1. The maximum atomic E-state index is 14.3. The molecule has 0 saturated heterocycles. The fraction of sp³-hybridized carbons (Fsp3) is 0.261. The molecule has 4 rings (SSSR count). The summed E-state index contributed by atoms with van der Waals surface area (Å²) >= 11 is 1.19. The van der Waals surface area contributed by atoms with E-state index in [9.17, 15) is 18.8 Å². The number of hydrogen-bond donors (Lipinski definition) is 1. The van der Waals surface area contributed by atoms with Crippen LogP contribution in [0.25, 0.3) is 11.4 Å². The van der Waals surface area contributed by atoms with Gasteiger partial charge >= 0.3 is 0 Å². The molecule has 3 aromatic rings. The molecule has 170 valence electrons. The van der Waals surface area contributed by atoms with Gasteiger partial charge in [0.2, 0.25) is 5.91 Å². The van der Waals surface area contributed by atoms with E-state index in [0.717, 1.165) is 4.90 Å². The van der Waals surface area contributed by atoms with E-state index in [1.807, 2.05) is 18.4 Å². The van der Waals surface area contributed by atoms with Crippen molar-refractivity contribution in [2.75, 3.05) is 18.1 Å². The summed E-state index contributed by atoms with van der Waals surface area (Å²) in [5.74, 6) is -0.755.